The normalized spacial score (nSPS) is 14.5. The monoisotopic (exact) mass is 336 g/mol. The molecule has 0 aromatic carbocycles. The Bertz CT molecular complexity index is 959. The molecular weight excluding hydrogens is 316 g/mol. The predicted molar refractivity (Wildman–Crippen MR) is 93.9 cm³/mol. The van der Waals surface area contributed by atoms with E-state index in [4.69, 9.17) is 0 Å². The molecule has 0 spiro atoms. The number of aromatic amines is 1. The van der Waals surface area contributed by atoms with Gasteiger partial charge in [0.15, 0.2) is 5.82 Å². The summed E-state index contributed by atoms with van der Waals surface area (Å²) in [7, 11) is 1.94. The van der Waals surface area contributed by atoms with Crippen LogP contribution in [0.15, 0.2) is 35.4 Å². The van der Waals surface area contributed by atoms with Crippen LogP contribution in [0.3, 0.4) is 0 Å². The van der Waals surface area contributed by atoms with Crippen LogP contribution in [-0.4, -0.2) is 36.2 Å². The Balaban J connectivity index is 1.60. The summed E-state index contributed by atoms with van der Waals surface area (Å²) < 4.78 is 1.88. The number of aryl methyl sites for hydroxylation is 1. The highest BCUT2D eigenvalue weighted by molar-refractivity contribution is 5.49. The quantitative estimate of drug-likeness (QED) is 0.783. The Kier molecular flexibility index (Phi) is 3.93. The average Bonchev–Trinajstić information content (AvgIpc) is 2.95. The number of hydrogen-bond acceptors (Lipinski definition) is 5. The van der Waals surface area contributed by atoms with Crippen molar-refractivity contribution in [3.05, 3.63) is 63.5 Å². The first-order valence-corrected chi connectivity index (χ1v) is 8.35. The summed E-state index contributed by atoms with van der Waals surface area (Å²) >= 11 is 0. The Morgan fingerprint density at radius 1 is 1.32 bits per heavy atom. The van der Waals surface area contributed by atoms with E-state index in [0.717, 1.165) is 36.5 Å². The van der Waals surface area contributed by atoms with Crippen molar-refractivity contribution in [2.45, 2.75) is 26.4 Å². The van der Waals surface area contributed by atoms with E-state index in [2.05, 4.69) is 31.9 Å². The zero-order valence-corrected chi connectivity index (χ0v) is 14.4. The van der Waals surface area contributed by atoms with Crippen molar-refractivity contribution in [2.75, 3.05) is 6.54 Å². The molecule has 3 aromatic heterocycles. The van der Waals surface area contributed by atoms with E-state index in [9.17, 15) is 4.79 Å². The summed E-state index contributed by atoms with van der Waals surface area (Å²) in [5.41, 5.74) is 4.61. The van der Waals surface area contributed by atoms with Gasteiger partial charge >= 0.3 is 0 Å². The molecule has 0 fully saturated rings. The maximum atomic E-state index is 12.6. The van der Waals surface area contributed by atoms with Crippen LogP contribution in [0, 0.1) is 6.92 Å². The fourth-order valence-electron chi connectivity index (χ4n) is 3.18. The average molecular weight is 336 g/mol. The highest BCUT2D eigenvalue weighted by Crippen LogP contribution is 2.19. The van der Waals surface area contributed by atoms with Crippen molar-refractivity contribution in [1.82, 2.24) is 29.6 Å². The molecule has 0 bridgehead atoms. The lowest BCUT2D eigenvalue weighted by molar-refractivity contribution is 0.241. The molecule has 0 unspecified atom stereocenters. The zero-order chi connectivity index (χ0) is 17.4. The molecule has 0 saturated heterocycles. The van der Waals surface area contributed by atoms with Crippen LogP contribution in [-0.2, 0) is 26.6 Å². The van der Waals surface area contributed by atoms with E-state index >= 15 is 0 Å². The molecule has 0 saturated carbocycles. The Hall–Kier alpha value is -2.80. The lowest BCUT2D eigenvalue weighted by atomic mass is 10.1. The van der Waals surface area contributed by atoms with Gasteiger partial charge in [-0.2, -0.15) is 5.10 Å². The van der Waals surface area contributed by atoms with Gasteiger partial charge in [0.1, 0.15) is 5.69 Å². The van der Waals surface area contributed by atoms with Crippen LogP contribution in [0.5, 0.6) is 0 Å². The van der Waals surface area contributed by atoms with Gasteiger partial charge in [0, 0.05) is 50.6 Å². The van der Waals surface area contributed by atoms with Crippen LogP contribution < -0.4 is 5.56 Å². The molecule has 1 N–H and O–H groups in total. The van der Waals surface area contributed by atoms with Crippen molar-refractivity contribution in [2.24, 2.45) is 7.05 Å². The van der Waals surface area contributed by atoms with Crippen molar-refractivity contribution in [3.8, 4) is 11.5 Å². The fourth-order valence-corrected chi connectivity index (χ4v) is 3.18. The van der Waals surface area contributed by atoms with Gasteiger partial charge < -0.3 is 4.98 Å². The van der Waals surface area contributed by atoms with E-state index in [-0.39, 0.29) is 5.56 Å². The number of nitrogens with one attached hydrogen (secondary N) is 1. The van der Waals surface area contributed by atoms with Crippen LogP contribution in [0.25, 0.3) is 11.5 Å². The highest BCUT2D eigenvalue weighted by Gasteiger charge is 2.22. The number of H-pyrrole nitrogens is 1. The summed E-state index contributed by atoms with van der Waals surface area (Å²) in [6.45, 7) is 4.34. The second-order valence-electron chi connectivity index (χ2n) is 6.39. The van der Waals surface area contributed by atoms with Gasteiger partial charge in [0.05, 0.1) is 17.5 Å². The standard InChI is InChI=1S/C18H20N6O/c1-12-13(9-20-23(12)2)10-24-8-6-15-14(11-24)18(25)22-17(21-15)16-5-3-4-7-19-16/h3-5,7,9H,6,8,10-11H2,1-2H3,(H,21,22,25). The number of hydrogen-bond donors (Lipinski definition) is 1. The maximum absolute atomic E-state index is 12.6. The number of rotatable bonds is 3. The smallest absolute Gasteiger partial charge is 0.255 e. The third-order valence-corrected chi connectivity index (χ3v) is 4.79. The minimum absolute atomic E-state index is 0.0711. The number of aromatic nitrogens is 5. The van der Waals surface area contributed by atoms with Crippen molar-refractivity contribution in [1.29, 1.82) is 0 Å². The molecule has 1 aliphatic heterocycles. The first-order chi connectivity index (χ1) is 12.1. The summed E-state index contributed by atoms with van der Waals surface area (Å²) in [6.07, 6.45) is 4.36. The first kappa shape index (κ1) is 15.7. The summed E-state index contributed by atoms with van der Waals surface area (Å²) in [5.74, 6) is 0.543. The molecule has 4 rings (SSSR count). The molecule has 25 heavy (non-hydrogen) atoms. The van der Waals surface area contributed by atoms with E-state index in [1.54, 1.807) is 6.20 Å². The molecular formula is C18H20N6O. The van der Waals surface area contributed by atoms with Gasteiger partial charge in [-0.05, 0) is 19.1 Å². The second kappa shape index (κ2) is 6.25. The molecule has 1 aliphatic rings. The molecule has 0 aliphatic carbocycles. The Labute approximate surface area is 145 Å². The lowest BCUT2D eigenvalue weighted by Gasteiger charge is -2.27. The molecule has 7 nitrogen and oxygen atoms in total. The molecule has 3 aromatic rings. The van der Waals surface area contributed by atoms with E-state index in [1.807, 2.05) is 36.1 Å². The zero-order valence-electron chi connectivity index (χ0n) is 14.4. The van der Waals surface area contributed by atoms with E-state index in [1.165, 1.54) is 5.56 Å². The molecule has 128 valence electrons. The van der Waals surface area contributed by atoms with E-state index in [0.29, 0.717) is 18.1 Å². The number of pyridine rings is 1. The molecule has 7 heteroatoms. The molecule has 0 radical (unpaired) electrons. The molecule has 4 heterocycles. The van der Waals surface area contributed by atoms with Crippen LogP contribution in [0.4, 0.5) is 0 Å². The van der Waals surface area contributed by atoms with Crippen LogP contribution >= 0.6 is 0 Å². The van der Waals surface area contributed by atoms with Gasteiger partial charge in [0.2, 0.25) is 0 Å². The van der Waals surface area contributed by atoms with Crippen molar-refractivity contribution in [3.63, 3.8) is 0 Å². The van der Waals surface area contributed by atoms with Gasteiger partial charge in [0.25, 0.3) is 5.56 Å². The van der Waals surface area contributed by atoms with E-state index < -0.39 is 0 Å². The van der Waals surface area contributed by atoms with Crippen molar-refractivity contribution < 1.29 is 0 Å². The third-order valence-electron chi connectivity index (χ3n) is 4.79. The number of nitrogens with zero attached hydrogens (tertiary/aromatic N) is 5. The van der Waals surface area contributed by atoms with Gasteiger partial charge in [-0.15, -0.1) is 0 Å². The first-order valence-electron chi connectivity index (χ1n) is 8.35. The largest absolute Gasteiger partial charge is 0.305 e. The maximum Gasteiger partial charge on any atom is 0.255 e. The van der Waals surface area contributed by atoms with Gasteiger partial charge in [-0.1, -0.05) is 6.07 Å². The Morgan fingerprint density at radius 2 is 2.20 bits per heavy atom. The molecule has 0 amide bonds. The SMILES string of the molecule is Cc1c(CN2CCc3nc(-c4ccccn4)[nH]c(=O)c3C2)cnn1C. The summed E-state index contributed by atoms with van der Waals surface area (Å²) in [5, 5.41) is 4.29. The topological polar surface area (TPSA) is 79.7 Å². The Morgan fingerprint density at radius 3 is 2.92 bits per heavy atom. The second-order valence-corrected chi connectivity index (χ2v) is 6.39. The summed E-state index contributed by atoms with van der Waals surface area (Å²) in [4.78, 5) is 26.6. The fraction of sp³-hybridized carbons (Fsp3) is 0.333. The van der Waals surface area contributed by atoms with Crippen LogP contribution in [0.1, 0.15) is 22.5 Å². The summed E-state index contributed by atoms with van der Waals surface area (Å²) in [6, 6.07) is 5.59. The van der Waals surface area contributed by atoms with Crippen molar-refractivity contribution >= 4 is 0 Å². The van der Waals surface area contributed by atoms with Gasteiger partial charge in [-0.25, -0.2) is 4.98 Å². The van der Waals surface area contributed by atoms with Crippen LogP contribution in [0.2, 0.25) is 0 Å². The third kappa shape index (κ3) is 2.98. The highest BCUT2D eigenvalue weighted by atomic mass is 16.1. The number of fused-ring (bicyclic) bond motifs is 1. The minimum Gasteiger partial charge on any atom is -0.305 e. The minimum atomic E-state index is -0.0711. The molecule has 0 atom stereocenters. The lowest BCUT2D eigenvalue weighted by Crippen LogP contribution is -2.35. The van der Waals surface area contributed by atoms with Gasteiger partial charge in [-0.3, -0.25) is 19.4 Å². The predicted octanol–water partition coefficient (Wildman–Crippen LogP) is 1.43.